The third kappa shape index (κ3) is 4.44. The predicted molar refractivity (Wildman–Crippen MR) is 61.3 cm³/mol. The summed E-state index contributed by atoms with van der Waals surface area (Å²) in [6.45, 7) is 1.57. The smallest absolute Gasteiger partial charge is 0.185 e. The maximum Gasteiger partial charge on any atom is 0.185 e. The third-order valence-corrected chi connectivity index (χ3v) is 2.84. The summed E-state index contributed by atoms with van der Waals surface area (Å²) >= 11 is 1.29. The van der Waals surface area contributed by atoms with Gasteiger partial charge in [-0.3, -0.25) is 4.79 Å². The van der Waals surface area contributed by atoms with Gasteiger partial charge in [0.25, 0.3) is 0 Å². The average Bonchev–Trinajstić information content (AvgIpc) is 2.16. The first-order valence-corrected chi connectivity index (χ1v) is 5.60. The summed E-state index contributed by atoms with van der Waals surface area (Å²) in [7, 11) is 0. The quantitative estimate of drug-likeness (QED) is 0.822. The highest BCUT2D eigenvalue weighted by Crippen LogP contribution is 2.07. The van der Waals surface area contributed by atoms with Crippen molar-refractivity contribution in [3.05, 3.63) is 35.9 Å². The van der Waals surface area contributed by atoms with Crippen LogP contribution in [0.2, 0.25) is 0 Å². The van der Waals surface area contributed by atoms with Crippen LogP contribution in [0.5, 0.6) is 0 Å². The van der Waals surface area contributed by atoms with E-state index in [1.165, 1.54) is 17.3 Å². The fourth-order valence-corrected chi connectivity index (χ4v) is 1.77. The van der Waals surface area contributed by atoms with Crippen molar-refractivity contribution in [2.45, 2.75) is 19.4 Å². The van der Waals surface area contributed by atoms with Gasteiger partial charge in [-0.2, -0.15) is 0 Å². The standard InChI is InChI=1S/C11H15NOS/c1-9(13)14-8-11(12)7-10-5-3-2-4-6-10/h2-6,11H,7-8,12H2,1H3. The summed E-state index contributed by atoms with van der Waals surface area (Å²) in [6, 6.07) is 10.2. The lowest BCUT2D eigenvalue weighted by Gasteiger charge is -2.09. The molecule has 0 spiro atoms. The van der Waals surface area contributed by atoms with Gasteiger partial charge in [-0.1, -0.05) is 42.1 Å². The van der Waals surface area contributed by atoms with E-state index in [0.29, 0.717) is 5.75 Å². The Bertz CT molecular complexity index is 287. The van der Waals surface area contributed by atoms with Crippen LogP contribution in [0.15, 0.2) is 30.3 Å². The number of rotatable bonds is 4. The van der Waals surface area contributed by atoms with Gasteiger partial charge in [0.2, 0.25) is 0 Å². The maximum absolute atomic E-state index is 10.7. The number of thioether (sulfide) groups is 1. The van der Waals surface area contributed by atoms with Crippen molar-refractivity contribution in [1.29, 1.82) is 0 Å². The Labute approximate surface area is 88.9 Å². The lowest BCUT2D eigenvalue weighted by molar-refractivity contribution is -0.109. The molecule has 0 saturated heterocycles. The van der Waals surface area contributed by atoms with Crippen LogP contribution in [0.4, 0.5) is 0 Å². The highest BCUT2D eigenvalue weighted by atomic mass is 32.2. The number of hydrogen-bond acceptors (Lipinski definition) is 3. The summed E-state index contributed by atoms with van der Waals surface area (Å²) in [4.78, 5) is 10.7. The highest BCUT2D eigenvalue weighted by molar-refractivity contribution is 8.13. The second-order valence-electron chi connectivity index (χ2n) is 3.25. The van der Waals surface area contributed by atoms with Crippen molar-refractivity contribution in [3.8, 4) is 0 Å². The molecule has 0 aliphatic heterocycles. The molecule has 0 radical (unpaired) electrons. The first-order chi connectivity index (χ1) is 6.68. The van der Waals surface area contributed by atoms with Crippen molar-refractivity contribution in [3.63, 3.8) is 0 Å². The normalized spacial score (nSPS) is 12.4. The molecule has 1 unspecified atom stereocenters. The van der Waals surface area contributed by atoms with Crippen LogP contribution in [0, 0.1) is 0 Å². The van der Waals surface area contributed by atoms with E-state index in [4.69, 9.17) is 5.73 Å². The maximum atomic E-state index is 10.7. The fraction of sp³-hybridized carbons (Fsp3) is 0.364. The van der Waals surface area contributed by atoms with Crippen LogP contribution in [0.3, 0.4) is 0 Å². The van der Waals surface area contributed by atoms with Crippen LogP contribution in [0.1, 0.15) is 12.5 Å². The number of nitrogens with two attached hydrogens (primary N) is 1. The molecule has 0 aliphatic carbocycles. The van der Waals surface area contributed by atoms with E-state index in [1.807, 2.05) is 18.2 Å². The van der Waals surface area contributed by atoms with Crippen molar-refractivity contribution in [2.75, 3.05) is 5.75 Å². The minimum Gasteiger partial charge on any atom is -0.327 e. The Morgan fingerprint density at radius 1 is 1.43 bits per heavy atom. The molecular weight excluding hydrogens is 194 g/mol. The Hall–Kier alpha value is -0.800. The minimum absolute atomic E-state index is 0.0614. The van der Waals surface area contributed by atoms with Crippen LogP contribution in [-0.2, 0) is 11.2 Å². The second-order valence-corrected chi connectivity index (χ2v) is 4.45. The topological polar surface area (TPSA) is 43.1 Å². The van der Waals surface area contributed by atoms with E-state index in [9.17, 15) is 4.79 Å². The Kier molecular flexibility index (Phi) is 4.70. The molecule has 1 aromatic carbocycles. The molecule has 0 heterocycles. The van der Waals surface area contributed by atoms with Gasteiger partial charge in [0, 0.05) is 18.7 Å². The van der Waals surface area contributed by atoms with Gasteiger partial charge >= 0.3 is 0 Å². The molecule has 1 rings (SSSR count). The van der Waals surface area contributed by atoms with Gasteiger partial charge in [-0.15, -0.1) is 0 Å². The van der Waals surface area contributed by atoms with Gasteiger partial charge in [0.15, 0.2) is 5.12 Å². The van der Waals surface area contributed by atoms with Crippen LogP contribution >= 0.6 is 11.8 Å². The molecule has 0 aromatic heterocycles. The second kappa shape index (κ2) is 5.83. The zero-order chi connectivity index (χ0) is 10.4. The summed E-state index contributed by atoms with van der Waals surface area (Å²) in [5.41, 5.74) is 7.11. The summed E-state index contributed by atoms with van der Waals surface area (Å²) in [6.07, 6.45) is 0.834. The van der Waals surface area contributed by atoms with E-state index in [0.717, 1.165) is 6.42 Å². The highest BCUT2D eigenvalue weighted by Gasteiger charge is 2.05. The molecule has 0 fully saturated rings. The first-order valence-electron chi connectivity index (χ1n) is 4.61. The molecule has 2 nitrogen and oxygen atoms in total. The van der Waals surface area contributed by atoms with E-state index >= 15 is 0 Å². The molecule has 3 heteroatoms. The SMILES string of the molecule is CC(=O)SCC(N)Cc1ccccc1. The zero-order valence-corrected chi connectivity index (χ0v) is 9.09. The molecule has 2 N–H and O–H groups in total. The molecule has 14 heavy (non-hydrogen) atoms. The molecule has 76 valence electrons. The van der Waals surface area contributed by atoms with Crippen molar-refractivity contribution >= 4 is 16.9 Å². The van der Waals surface area contributed by atoms with Crippen molar-refractivity contribution in [2.24, 2.45) is 5.73 Å². The van der Waals surface area contributed by atoms with Crippen LogP contribution in [-0.4, -0.2) is 16.9 Å². The van der Waals surface area contributed by atoms with Crippen LogP contribution in [0.25, 0.3) is 0 Å². The molecule has 0 saturated carbocycles. The summed E-state index contributed by atoms with van der Waals surface area (Å²) in [5.74, 6) is 0.699. The molecule has 1 atom stereocenters. The van der Waals surface area contributed by atoms with Crippen LogP contribution < -0.4 is 5.73 Å². The summed E-state index contributed by atoms with van der Waals surface area (Å²) < 4.78 is 0. The largest absolute Gasteiger partial charge is 0.327 e. The van der Waals surface area contributed by atoms with Gasteiger partial charge in [-0.05, 0) is 12.0 Å². The number of carbonyl (C=O) groups excluding carboxylic acids is 1. The molecular formula is C11H15NOS. The fourth-order valence-electron chi connectivity index (χ4n) is 1.20. The lowest BCUT2D eigenvalue weighted by Crippen LogP contribution is -2.26. The summed E-state index contributed by atoms with van der Waals surface area (Å²) in [5, 5.41) is 0.133. The Morgan fingerprint density at radius 2 is 2.07 bits per heavy atom. The molecule has 0 bridgehead atoms. The number of carbonyl (C=O) groups is 1. The van der Waals surface area contributed by atoms with E-state index < -0.39 is 0 Å². The van der Waals surface area contributed by atoms with E-state index in [1.54, 1.807) is 6.92 Å². The Balaban J connectivity index is 2.34. The van der Waals surface area contributed by atoms with Crippen molar-refractivity contribution < 1.29 is 4.79 Å². The molecule has 1 aromatic rings. The van der Waals surface area contributed by atoms with Gasteiger partial charge in [0.1, 0.15) is 0 Å². The van der Waals surface area contributed by atoms with Crippen molar-refractivity contribution in [1.82, 2.24) is 0 Å². The van der Waals surface area contributed by atoms with E-state index in [2.05, 4.69) is 12.1 Å². The molecule has 0 aliphatic rings. The van der Waals surface area contributed by atoms with Gasteiger partial charge in [0.05, 0.1) is 0 Å². The van der Waals surface area contributed by atoms with E-state index in [-0.39, 0.29) is 11.2 Å². The van der Waals surface area contributed by atoms with Gasteiger partial charge < -0.3 is 5.73 Å². The number of hydrogen-bond donors (Lipinski definition) is 1. The number of benzene rings is 1. The predicted octanol–water partition coefficient (Wildman–Crippen LogP) is 1.84. The molecule has 0 amide bonds. The first kappa shape index (κ1) is 11.3. The lowest BCUT2D eigenvalue weighted by atomic mass is 10.1. The Morgan fingerprint density at radius 3 is 2.64 bits per heavy atom. The zero-order valence-electron chi connectivity index (χ0n) is 8.27. The monoisotopic (exact) mass is 209 g/mol. The minimum atomic E-state index is 0.0614. The van der Waals surface area contributed by atoms with Gasteiger partial charge in [-0.25, -0.2) is 0 Å². The third-order valence-electron chi connectivity index (χ3n) is 1.84. The average molecular weight is 209 g/mol.